The average Bonchev–Trinajstić information content (AvgIpc) is 2.93. The maximum absolute atomic E-state index is 11.9. The number of nitrogens with zero attached hydrogens (tertiary/aromatic N) is 1. The van der Waals surface area contributed by atoms with Gasteiger partial charge >= 0.3 is 6.09 Å². The van der Waals surface area contributed by atoms with E-state index < -0.39 is 11.7 Å². The Morgan fingerprint density at radius 1 is 1.36 bits per heavy atom. The van der Waals surface area contributed by atoms with Gasteiger partial charge in [0.25, 0.3) is 0 Å². The van der Waals surface area contributed by atoms with E-state index >= 15 is 0 Å². The SMILES string of the molecule is CC(C)(C)OC(=O)NCc1ccc(Cl)cc1CN1CCC[C@H]1C(N)=O. The van der Waals surface area contributed by atoms with Crippen LogP contribution in [0.4, 0.5) is 4.79 Å². The van der Waals surface area contributed by atoms with Crippen molar-refractivity contribution in [2.75, 3.05) is 6.54 Å². The fraction of sp³-hybridized carbons (Fsp3) is 0.556. The number of hydrogen-bond acceptors (Lipinski definition) is 4. The molecular formula is C18H26ClN3O3. The van der Waals surface area contributed by atoms with Gasteiger partial charge in [0.15, 0.2) is 0 Å². The van der Waals surface area contributed by atoms with E-state index in [0.29, 0.717) is 18.1 Å². The molecule has 2 rings (SSSR count). The summed E-state index contributed by atoms with van der Waals surface area (Å²) in [5.74, 6) is -0.298. The maximum atomic E-state index is 11.9. The molecule has 1 aromatic rings. The number of ether oxygens (including phenoxy) is 1. The van der Waals surface area contributed by atoms with E-state index in [1.54, 1.807) is 6.07 Å². The van der Waals surface area contributed by atoms with Crippen molar-refractivity contribution in [2.24, 2.45) is 5.73 Å². The second-order valence-corrected chi connectivity index (χ2v) is 7.74. The van der Waals surface area contributed by atoms with Crippen LogP contribution in [0.25, 0.3) is 0 Å². The number of halogens is 1. The Morgan fingerprint density at radius 3 is 2.72 bits per heavy atom. The van der Waals surface area contributed by atoms with Gasteiger partial charge in [0.1, 0.15) is 5.60 Å². The number of nitrogens with two attached hydrogens (primary N) is 1. The summed E-state index contributed by atoms with van der Waals surface area (Å²) in [4.78, 5) is 25.5. The van der Waals surface area contributed by atoms with Gasteiger partial charge in [0, 0.05) is 18.1 Å². The number of primary amides is 1. The number of hydrogen-bond donors (Lipinski definition) is 2. The van der Waals surface area contributed by atoms with Gasteiger partial charge in [0.05, 0.1) is 6.04 Å². The summed E-state index contributed by atoms with van der Waals surface area (Å²) in [5.41, 5.74) is 6.85. The molecule has 7 heteroatoms. The zero-order valence-electron chi connectivity index (χ0n) is 15.0. The Balaban J connectivity index is 2.07. The molecule has 1 saturated heterocycles. The molecule has 1 aliphatic rings. The number of amides is 2. The molecule has 3 N–H and O–H groups in total. The highest BCUT2D eigenvalue weighted by molar-refractivity contribution is 6.30. The normalized spacial score (nSPS) is 18.2. The lowest BCUT2D eigenvalue weighted by Gasteiger charge is -2.24. The van der Waals surface area contributed by atoms with Gasteiger partial charge in [0.2, 0.25) is 5.91 Å². The first-order chi connectivity index (χ1) is 11.7. The molecule has 1 atom stereocenters. The fourth-order valence-electron chi connectivity index (χ4n) is 2.95. The molecule has 25 heavy (non-hydrogen) atoms. The van der Waals surface area contributed by atoms with Gasteiger partial charge in [-0.3, -0.25) is 9.69 Å². The summed E-state index contributed by atoms with van der Waals surface area (Å²) < 4.78 is 5.26. The van der Waals surface area contributed by atoms with E-state index in [9.17, 15) is 9.59 Å². The zero-order chi connectivity index (χ0) is 18.6. The molecule has 138 valence electrons. The lowest BCUT2D eigenvalue weighted by atomic mass is 10.1. The number of rotatable bonds is 5. The van der Waals surface area contributed by atoms with Crippen LogP contribution in [0.3, 0.4) is 0 Å². The molecule has 2 amide bonds. The second-order valence-electron chi connectivity index (χ2n) is 7.30. The molecule has 0 bridgehead atoms. The van der Waals surface area contributed by atoms with Crippen LogP contribution in [-0.4, -0.2) is 35.1 Å². The van der Waals surface area contributed by atoms with E-state index in [1.165, 1.54) is 0 Å². The molecule has 0 unspecified atom stereocenters. The van der Waals surface area contributed by atoms with Crippen molar-refractivity contribution in [1.82, 2.24) is 10.2 Å². The quantitative estimate of drug-likeness (QED) is 0.838. The first-order valence-corrected chi connectivity index (χ1v) is 8.81. The zero-order valence-corrected chi connectivity index (χ0v) is 15.7. The first kappa shape index (κ1) is 19.5. The van der Waals surface area contributed by atoms with Gasteiger partial charge in [-0.25, -0.2) is 4.79 Å². The second kappa shape index (κ2) is 8.06. The minimum Gasteiger partial charge on any atom is -0.444 e. The minimum absolute atomic E-state index is 0.245. The van der Waals surface area contributed by atoms with E-state index in [-0.39, 0.29) is 11.9 Å². The predicted octanol–water partition coefficient (Wildman–Crippen LogP) is 2.81. The molecule has 0 aromatic heterocycles. The van der Waals surface area contributed by atoms with Crippen molar-refractivity contribution in [2.45, 2.75) is 58.3 Å². The largest absolute Gasteiger partial charge is 0.444 e. The highest BCUT2D eigenvalue weighted by Crippen LogP contribution is 2.23. The Bertz CT molecular complexity index is 643. The Morgan fingerprint density at radius 2 is 2.08 bits per heavy atom. The average molecular weight is 368 g/mol. The number of carbonyl (C=O) groups excluding carboxylic acids is 2. The summed E-state index contributed by atoms with van der Waals surface area (Å²) >= 11 is 6.13. The van der Waals surface area contributed by atoms with Crippen molar-refractivity contribution in [3.63, 3.8) is 0 Å². The van der Waals surface area contributed by atoms with Crippen molar-refractivity contribution >= 4 is 23.6 Å². The van der Waals surface area contributed by atoms with Gasteiger partial charge in [-0.05, 0) is 63.4 Å². The third kappa shape index (κ3) is 5.90. The third-order valence-electron chi connectivity index (χ3n) is 4.06. The molecule has 0 radical (unpaired) electrons. The third-order valence-corrected chi connectivity index (χ3v) is 4.29. The molecule has 6 nitrogen and oxygen atoms in total. The summed E-state index contributed by atoms with van der Waals surface area (Å²) in [6, 6.07) is 5.28. The van der Waals surface area contributed by atoms with Crippen LogP contribution in [0.2, 0.25) is 5.02 Å². The van der Waals surface area contributed by atoms with Crippen LogP contribution in [-0.2, 0) is 22.6 Å². The van der Waals surface area contributed by atoms with Crippen LogP contribution in [0, 0.1) is 0 Å². The topological polar surface area (TPSA) is 84.7 Å². The fourth-order valence-corrected chi connectivity index (χ4v) is 3.15. The Hall–Kier alpha value is -1.79. The Labute approximate surface area is 153 Å². The van der Waals surface area contributed by atoms with Crippen molar-refractivity contribution in [3.8, 4) is 0 Å². The molecule has 0 saturated carbocycles. The highest BCUT2D eigenvalue weighted by atomic mass is 35.5. The van der Waals surface area contributed by atoms with Crippen LogP contribution in [0.1, 0.15) is 44.7 Å². The van der Waals surface area contributed by atoms with E-state index in [4.69, 9.17) is 22.1 Å². The van der Waals surface area contributed by atoms with Crippen LogP contribution in [0.15, 0.2) is 18.2 Å². The number of carbonyl (C=O) groups is 2. The van der Waals surface area contributed by atoms with Gasteiger partial charge in [-0.15, -0.1) is 0 Å². The molecule has 1 fully saturated rings. The molecular weight excluding hydrogens is 342 g/mol. The van der Waals surface area contributed by atoms with E-state index in [2.05, 4.69) is 10.2 Å². The smallest absolute Gasteiger partial charge is 0.407 e. The highest BCUT2D eigenvalue weighted by Gasteiger charge is 2.29. The van der Waals surface area contributed by atoms with Crippen molar-refractivity contribution in [1.29, 1.82) is 0 Å². The lowest BCUT2D eigenvalue weighted by molar-refractivity contribution is -0.122. The monoisotopic (exact) mass is 367 g/mol. The molecule has 0 spiro atoms. The van der Waals surface area contributed by atoms with Crippen LogP contribution >= 0.6 is 11.6 Å². The van der Waals surface area contributed by atoms with Crippen LogP contribution < -0.4 is 11.1 Å². The maximum Gasteiger partial charge on any atom is 0.407 e. The van der Waals surface area contributed by atoms with Gasteiger partial charge in [-0.1, -0.05) is 17.7 Å². The molecule has 1 aromatic carbocycles. The molecule has 0 aliphatic carbocycles. The summed E-state index contributed by atoms with van der Waals surface area (Å²) in [5, 5.41) is 3.38. The predicted molar refractivity (Wildman–Crippen MR) is 97.2 cm³/mol. The minimum atomic E-state index is -0.544. The van der Waals surface area contributed by atoms with Crippen LogP contribution in [0.5, 0.6) is 0 Å². The Kier molecular flexibility index (Phi) is 6.30. The summed E-state index contributed by atoms with van der Waals surface area (Å²) in [7, 11) is 0. The number of nitrogens with one attached hydrogen (secondary N) is 1. The first-order valence-electron chi connectivity index (χ1n) is 8.43. The molecule has 1 aliphatic heterocycles. The van der Waals surface area contributed by atoms with Crippen molar-refractivity contribution in [3.05, 3.63) is 34.3 Å². The van der Waals surface area contributed by atoms with Gasteiger partial charge < -0.3 is 15.8 Å². The van der Waals surface area contributed by atoms with E-state index in [0.717, 1.165) is 30.5 Å². The van der Waals surface area contributed by atoms with E-state index in [1.807, 2.05) is 32.9 Å². The summed E-state index contributed by atoms with van der Waals surface area (Å²) in [6.45, 7) is 7.17. The lowest BCUT2D eigenvalue weighted by Crippen LogP contribution is -2.40. The van der Waals surface area contributed by atoms with Crippen molar-refractivity contribution < 1.29 is 14.3 Å². The number of benzene rings is 1. The van der Waals surface area contributed by atoms with Gasteiger partial charge in [-0.2, -0.15) is 0 Å². The summed E-state index contributed by atoms with van der Waals surface area (Å²) in [6.07, 6.45) is 1.26. The standard InChI is InChI=1S/C18H26ClN3O3/c1-18(2,3)25-17(24)21-10-12-6-7-14(19)9-13(12)11-22-8-4-5-15(22)16(20)23/h6-7,9,15H,4-5,8,10-11H2,1-3H3,(H2,20,23)(H,21,24)/t15-/m0/s1. The number of likely N-dealkylation sites (tertiary alicyclic amines) is 1. The molecule has 1 heterocycles. The number of alkyl carbamates (subject to hydrolysis) is 1.